The van der Waals surface area contributed by atoms with E-state index in [1.807, 2.05) is 59.7 Å². The fourth-order valence-corrected chi connectivity index (χ4v) is 2.38. The van der Waals surface area contributed by atoms with Crippen molar-refractivity contribution >= 4 is 0 Å². The van der Waals surface area contributed by atoms with Gasteiger partial charge >= 0.3 is 0 Å². The van der Waals surface area contributed by atoms with E-state index in [1.165, 1.54) is 0 Å². The lowest BCUT2D eigenvalue weighted by atomic mass is 10.1. The van der Waals surface area contributed by atoms with E-state index in [2.05, 4.69) is 34.2 Å². The lowest BCUT2D eigenvalue weighted by Gasteiger charge is -2.21. The van der Waals surface area contributed by atoms with Gasteiger partial charge in [0.05, 0.1) is 6.04 Å². The molecule has 0 aliphatic rings. The van der Waals surface area contributed by atoms with Crippen molar-refractivity contribution in [2.45, 2.75) is 32.5 Å². The molecule has 0 bridgehead atoms. The summed E-state index contributed by atoms with van der Waals surface area (Å²) >= 11 is 0. The molecule has 1 aromatic carbocycles. The van der Waals surface area contributed by atoms with Gasteiger partial charge in [-0.2, -0.15) is 5.10 Å². The number of benzene rings is 1. The molecule has 0 radical (unpaired) electrons. The van der Waals surface area contributed by atoms with Gasteiger partial charge in [0.1, 0.15) is 0 Å². The van der Waals surface area contributed by atoms with Crippen molar-refractivity contribution in [1.29, 1.82) is 0 Å². The second kappa shape index (κ2) is 7.15. The Balaban J connectivity index is 1.58. The quantitative estimate of drug-likeness (QED) is 0.760. The van der Waals surface area contributed by atoms with Crippen molar-refractivity contribution in [2.24, 2.45) is 0 Å². The Morgan fingerprint density at radius 1 is 1.04 bits per heavy atom. The summed E-state index contributed by atoms with van der Waals surface area (Å²) in [6.07, 6.45) is 7.56. The normalized spacial score (nSPS) is 13.7. The predicted octanol–water partition coefficient (Wildman–Crippen LogP) is 3.08. The number of aromatic nitrogens is 4. The van der Waals surface area contributed by atoms with Crippen LogP contribution in [0, 0.1) is 0 Å². The minimum absolute atomic E-state index is 0.287. The topological polar surface area (TPSA) is 55.6 Å². The second-order valence-electron chi connectivity index (χ2n) is 5.68. The Bertz CT molecular complexity index is 707. The number of hydrogen-bond donors (Lipinski definition) is 1. The molecule has 2 atom stereocenters. The van der Waals surface area contributed by atoms with Gasteiger partial charge in [-0.1, -0.05) is 30.3 Å². The molecule has 5 heteroatoms. The molecular weight excluding hydrogens is 286 g/mol. The Labute approximate surface area is 136 Å². The van der Waals surface area contributed by atoms with Gasteiger partial charge in [-0.25, -0.2) is 9.97 Å². The van der Waals surface area contributed by atoms with Crippen molar-refractivity contribution in [3.63, 3.8) is 0 Å². The lowest BCUT2D eigenvalue weighted by molar-refractivity contribution is 0.365. The van der Waals surface area contributed by atoms with Crippen LogP contribution in [0.5, 0.6) is 0 Å². The van der Waals surface area contributed by atoms with Crippen molar-refractivity contribution in [2.75, 3.05) is 0 Å². The van der Waals surface area contributed by atoms with Gasteiger partial charge in [-0.05, 0) is 19.9 Å². The third-order valence-electron chi connectivity index (χ3n) is 4.03. The Morgan fingerprint density at radius 2 is 1.78 bits per heavy atom. The fourth-order valence-electron chi connectivity index (χ4n) is 2.38. The minimum Gasteiger partial charge on any atom is -0.308 e. The molecule has 23 heavy (non-hydrogen) atoms. The van der Waals surface area contributed by atoms with E-state index in [-0.39, 0.29) is 6.04 Å². The van der Waals surface area contributed by atoms with E-state index >= 15 is 0 Å². The van der Waals surface area contributed by atoms with Gasteiger partial charge < -0.3 is 5.32 Å². The number of rotatable bonds is 6. The lowest BCUT2D eigenvalue weighted by Crippen LogP contribution is -2.33. The molecule has 118 valence electrons. The van der Waals surface area contributed by atoms with E-state index in [0.717, 1.165) is 23.5 Å². The molecule has 2 unspecified atom stereocenters. The maximum atomic E-state index is 4.45. The molecule has 0 saturated heterocycles. The average molecular weight is 307 g/mol. The monoisotopic (exact) mass is 307 g/mol. The maximum Gasteiger partial charge on any atom is 0.159 e. The molecular formula is C18H21N5. The third-order valence-corrected chi connectivity index (χ3v) is 4.03. The van der Waals surface area contributed by atoms with E-state index in [0.29, 0.717) is 6.04 Å². The van der Waals surface area contributed by atoms with Crippen molar-refractivity contribution in [3.8, 4) is 11.4 Å². The van der Waals surface area contributed by atoms with Gasteiger partial charge in [0.2, 0.25) is 0 Å². The van der Waals surface area contributed by atoms with Gasteiger partial charge in [-0.3, -0.25) is 4.68 Å². The predicted molar refractivity (Wildman–Crippen MR) is 90.7 cm³/mol. The Morgan fingerprint density at radius 3 is 2.43 bits per heavy atom. The first-order valence-electron chi connectivity index (χ1n) is 7.83. The Kier molecular flexibility index (Phi) is 4.78. The summed E-state index contributed by atoms with van der Waals surface area (Å²) < 4.78 is 1.96. The molecule has 0 saturated carbocycles. The molecule has 5 nitrogen and oxygen atoms in total. The zero-order valence-electron chi connectivity index (χ0n) is 13.4. The molecule has 0 fully saturated rings. The highest BCUT2D eigenvalue weighted by molar-refractivity contribution is 5.53. The number of nitrogens with zero attached hydrogens (tertiary/aromatic N) is 4. The van der Waals surface area contributed by atoms with E-state index in [1.54, 1.807) is 6.20 Å². The van der Waals surface area contributed by atoms with E-state index in [9.17, 15) is 0 Å². The molecule has 0 amide bonds. The third kappa shape index (κ3) is 3.81. The van der Waals surface area contributed by atoms with Gasteiger partial charge in [0.15, 0.2) is 5.82 Å². The van der Waals surface area contributed by atoms with Crippen LogP contribution in [0.4, 0.5) is 0 Å². The van der Waals surface area contributed by atoms with Crippen LogP contribution >= 0.6 is 0 Å². The summed E-state index contributed by atoms with van der Waals surface area (Å²) in [5, 5.41) is 7.79. The summed E-state index contributed by atoms with van der Waals surface area (Å²) in [5.41, 5.74) is 2.11. The van der Waals surface area contributed by atoms with Crippen molar-refractivity contribution in [1.82, 2.24) is 25.1 Å². The largest absolute Gasteiger partial charge is 0.308 e. The number of hydrogen-bond acceptors (Lipinski definition) is 4. The van der Waals surface area contributed by atoms with Crippen molar-refractivity contribution < 1.29 is 0 Å². The van der Waals surface area contributed by atoms with Crippen LogP contribution in [0.2, 0.25) is 0 Å². The molecule has 0 spiro atoms. The molecule has 0 aliphatic heterocycles. The van der Waals surface area contributed by atoms with Crippen LogP contribution in [0.25, 0.3) is 11.4 Å². The highest BCUT2D eigenvalue weighted by atomic mass is 15.3. The summed E-state index contributed by atoms with van der Waals surface area (Å²) in [6.45, 7) is 5.05. The van der Waals surface area contributed by atoms with Crippen LogP contribution in [-0.2, 0) is 6.54 Å². The molecule has 0 aliphatic carbocycles. The van der Waals surface area contributed by atoms with Crippen molar-refractivity contribution in [3.05, 3.63) is 66.7 Å². The van der Waals surface area contributed by atoms with E-state index < -0.39 is 0 Å². The molecule has 2 heterocycles. The first-order valence-corrected chi connectivity index (χ1v) is 7.83. The first-order chi connectivity index (χ1) is 11.2. The molecule has 3 aromatic rings. The SMILES string of the molecule is CC(NCc1cnc(-c2ccccc2)nc1)C(C)n1cccn1. The van der Waals surface area contributed by atoms with Crippen LogP contribution in [-0.4, -0.2) is 25.8 Å². The van der Waals surface area contributed by atoms with Crippen LogP contribution in [0.3, 0.4) is 0 Å². The Hall–Kier alpha value is -2.53. The summed E-state index contributed by atoms with van der Waals surface area (Å²) in [5.74, 6) is 0.757. The summed E-state index contributed by atoms with van der Waals surface area (Å²) in [7, 11) is 0. The summed E-state index contributed by atoms with van der Waals surface area (Å²) in [6, 6.07) is 12.5. The van der Waals surface area contributed by atoms with E-state index in [4.69, 9.17) is 0 Å². The maximum absolute atomic E-state index is 4.45. The first kappa shape index (κ1) is 15.4. The molecule has 3 rings (SSSR count). The fraction of sp³-hybridized carbons (Fsp3) is 0.278. The highest BCUT2D eigenvalue weighted by Gasteiger charge is 2.13. The second-order valence-corrected chi connectivity index (χ2v) is 5.68. The van der Waals surface area contributed by atoms with Gasteiger partial charge in [0, 0.05) is 48.5 Å². The molecule has 1 N–H and O–H groups in total. The molecule has 2 aromatic heterocycles. The van der Waals surface area contributed by atoms with Gasteiger partial charge in [-0.15, -0.1) is 0 Å². The smallest absolute Gasteiger partial charge is 0.159 e. The standard InChI is InChI=1S/C18H21N5/c1-14(15(2)23-10-6-9-22-23)19-11-16-12-20-18(21-13-16)17-7-4-3-5-8-17/h3-10,12-15,19H,11H2,1-2H3. The minimum atomic E-state index is 0.287. The van der Waals surface area contributed by atoms with Gasteiger partial charge in [0.25, 0.3) is 0 Å². The van der Waals surface area contributed by atoms with Crippen LogP contribution in [0.1, 0.15) is 25.5 Å². The highest BCUT2D eigenvalue weighted by Crippen LogP contribution is 2.14. The average Bonchev–Trinajstić information content (AvgIpc) is 3.15. The van der Waals surface area contributed by atoms with Crippen LogP contribution in [0.15, 0.2) is 61.2 Å². The van der Waals surface area contributed by atoms with Crippen LogP contribution < -0.4 is 5.32 Å². The zero-order chi connectivity index (χ0) is 16.1. The number of nitrogens with one attached hydrogen (secondary N) is 1. The zero-order valence-corrected chi connectivity index (χ0v) is 13.4. The summed E-state index contributed by atoms with van der Waals surface area (Å²) in [4.78, 5) is 8.91.